The van der Waals surface area contributed by atoms with Crippen molar-refractivity contribution in [3.8, 4) is 11.4 Å². The number of imidazole rings is 1. The van der Waals surface area contributed by atoms with Crippen LogP contribution in [-0.2, 0) is 13.1 Å². The van der Waals surface area contributed by atoms with Crippen molar-refractivity contribution in [2.75, 3.05) is 0 Å². The molecule has 12 heteroatoms. The Bertz CT molecular complexity index is 1060. The second-order valence-electron chi connectivity index (χ2n) is 6.38. The van der Waals surface area contributed by atoms with Gasteiger partial charge in [0.05, 0.1) is 16.9 Å². The van der Waals surface area contributed by atoms with Crippen molar-refractivity contribution >= 4 is 29.2 Å². The molecule has 0 aliphatic heterocycles. The Morgan fingerprint density at radius 3 is 2.73 bits per heavy atom. The number of aromatic nitrogens is 5. The summed E-state index contributed by atoms with van der Waals surface area (Å²) in [6, 6.07) is 4.17. The number of alkyl halides is 2. The van der Waals surface area contributed by atoms with Crippen LogP contribution in [-0.4, -0.2) is 41.6 Å². The lowest BCUT2D eigenvalue weighted by Crippen LogP contribution is -2.31. The highest BCUT2D eigenvalue weighted by atomic mass is 35.5. The van der Waals surface area contributed by atoms with Gasteiger partial charge in [-0.05, 0) is 30.7 Å². The molecule has 0 spiro atoms. The van der Waals surface area contributed by atoms with Gasteiger partial charge in [-0.1, -0.05) is 17.7 Å². The first kappa shape index (κ1) is 22.0. The van der Waals surface area contributed by atoms with Crippen molar-refractivity contribution in [1.82, 2.24) is 29.8 Å². The van der Waals surface area contributed by atoms with E-state index in [1.54, 1.807) is 6.07 Å². The Kier molecular flexibility index (Phi) is 6.91. The molecule has 30 heavy (non-hydrogen) atoms. The number of rotatable bonds is 8. The number of aromatic carboxylic acids is 1. The Balaban J connectivity index is 1.75. The molecule has 0 saturated carbocycles. The Morgan fingerprint density at radius 2 is 2.03 bits per heavy atom. The van der Waals surface area contributed by atoms with Gasteiger partial charge in [-0.3, -0.25) is 4.98 Å². The summed E-state index contributed by atoms with van der Waals surface area (Å²) in [4.78, 5) is 27.3. The number of carboxylic acid groups (broad SMARTS) is 1. The minimum absolute atomic E-state index is 0.0469. The van der Waals surface area contributed by atoms with Crippen LogP contribution in [0.15, 0.2) is 30.6 Å². The first-order valence-corrected chi connectivity index (χ1v) is 9.46. The molecule has 0 bridgehead atoms. The molecule has 3 rings (SSSR count). The van der Waals surface area contributed by atoms with E-state index in [-0.39, 0.29) is 52.3 Å². The SMILES string of the molecule is CC(Cn1cc(-c2nc(Cl)ncc2Cl)nc1C(=O)O)NCc1cccc(C(F)F)n1. The van der Waals surface area contributed by atoms with Gasteiger partial charge in [0.25, 0.3) is 6.43 Å². The van der Waals surface area contributed by atoms with Crippen molar-refractivity contribution in [2.24, 2.45) is 0 Å². The molecule has 1 unspecified atom stereocenters. The average molecular weight is 457 g/mol. The van der Waals surface area contributed by atoms with Crippen LogP contribution in [0.25, 0.3) is 11.4 Å². The van der Waals surface area contributed by atoms with Crippen molar-refractivity contribution in [2.45, 2.75) is 32.5 Å². The van der Waals surface area contributed by atoms with Gasteiger partial charge < -0.3 is 15.0 Å². The van der Waals surface area contributed by atoms with Crippen molar-refractivity contribution < 1.29 is 18.7 Å². The predicted molar refractivity (Wildman–Crippen MR) is 106 cm³/mol. The Hall–Kier alpha value is -2.69. The molecular formula is C18H16Cl2F2N6O2. The van der Waals surface area contributed by atoms with Gasteiger partial charge >= 0.3 is 5.97 Å². The largest absolute Gasteiger partial charge is 0.475 e. The zero-order chi connectivity index (χ0) is 21.8. The number of nitrogens with zero attached hydrogens (tertiary/aromatic N) is 5. The lowest BCUT2D eigenvalue weighted by atomic mass is 10.2. The van der Waals surface area contributed by atoms with E-state index in [9.17, 15) is 18.7 Å². The number of hydrogen-bond donors (Lipinski definition) is 2. The van der Waals surface area contributed by atoms with Gasteiger partial charge in [-0.15, -0.1) is 0 Å². The zero-order valence-electron chi connectivity index (χ0n) is 15.6. The van der Waals surface area contributed by atoms with Crippen molar-refractivity contribution in [3.63, 3.8) is 0 Å². The number of pyridine rings is 1. The van der Waals surface area contributed by atoms with Gasteiger partial charge in [-0.25, -0.2) is 28.5 Å². The van der Waals surface area contributed by atoms with Gasteiger partial charge in [0.1, 0.15) is 17.1 Å². The molecule has 0 aliphatic carbocycles. The maximum atomic E-state index is 12.8. The summed E-state index contributed by atoms with van der Waals surface area (Å²) in [6.45, 7) is 2.29. The van der Waals surface area contributed by atoms with Gasteiger partial charge in [0.15, 0.2) is 0 Å². The number of carboxylic acids is 1. The van der Waals surface area contributed by atoms with E-state index in [2.05, 4.69) is 25.3 Å². The molecular weight excluding hydrogens is 441 g/mol. The average Bonchev–Trinajstić information content (AvgIpc) is 3.12. The topological polar surface area (TPSA) is 106 Å². The summed E-state index contributed by atoms with van der Waals surface area (Å²) < 4.78 is 27.0. The quantitative estimate of drug-likeness (QED) is 0.495. The fourth-order valence-electron chi connectivity index (χ4n) is 2.72. The molecule has 8 nitrogen and oxygen atoms in total. The van der Waals surface area contributed by atoms with Crippen LogP contribution in [0.1, 0.15) is 35.4 Å². The standard InChI is InChI=1S/C18H16Cl2F2N6O2/c1-9(23-5-10-3-2-4-12(25-10)15(21)22)7-28-8-13(26-16(28)17(29)30)14-11(19)6-24-18(20)27-14/h2-4,6,8-9,15,23H,5,7H2,1H3,(H,29,30). The van der Waals surface area contributed by atoms with E-state index in [1.807, 2.05) is 6.92 Å². The smallest absolute Gasteiger partial charge is 0.372 e. The molecule has 0 fully saturated rings. The van der Waals surface area contributed by atoms with E-state index in [0.717, 1.165) is 0 Å². The van der Waals surface area contributed by atoms with Crippen LogP contribution in [0.4, 0.5) is 8.78 Å². The van der Waals surface area contributed by atoms with E-state index in [0.29, 0.717) is 5.69 Å². The third-order valence-electron chi connectivity index (χ3n) is 4.08. The van der Waals surface area contributed by atoms with E-state index in [1.165, 1.54) is 29.1 Å². The molecule has 3 heterocycles. The molecule has 0 radical (unpaired) electrons. The molecule has 2 N–H and O–H groups in total. The van der Waals surface area contributed by atoms with Crippen LogP contribution in [0.3, 0.4) is 0 Å². The van der Waals surface area contributed by atoms with Gasteiger partial charge in [0.2, 0.25) is 11.1 Å². The maximum absolute atomic E-state index is 12.8. The fraction of sp³-hybridized carbons (Fsp3) is 0.278. The third kappa shape index (κ3) is 5.26. The first-order chi connectivity index (χ1) is 14.2. The minimum atomic E-state index is -2.65. The molecule has 0 aliphatic rings. The molecule has 0 saturated heterocycles. The normalized spacial score (nSPS) is 12.3. The summed E-state index contributed by atoms with van der Waals surface area (Å²) in [5.41, 5.74) is 0.605. The molecule has 1 atom stereocenters. The monoisotopic (exact) mass is 456 g/mol. The van der Waals surface area contributed by atoms with Crippen LogP contribution >= 0.6 is 23.2 Å². The molecule has 0 amide bonds. The Morgan fingerprint density at radius 1 is 1.27 bits per heavy atom. The molecule has 158 valence electrons. The van der Waals surface area contributed by atoms with E-state index >= 15 is 0 Å². The zero-order valence-corrected chi connectivity index (χ0v) is 17.1. The highest BCUT2D eigenvalue weighted by Gasteiger charge is 2.20. The molecule has 3 aromatic rings. The fourth-order valence-corrected chi connectivity index (χ4v) is 3.04. The number of nitrogens with one attached hydrogen (secondary N) is 1. The number of halogens is 4. The summed E-state index contributed by atoms with van der Waals surface area (Å²) in [5.74, 6) is -1.43. The second-order valence-corrected chi connectivity index (χ2v) is 7.12. The number of carbonyl (C=O) groups is 1. The maximum Gasteiger partial charge on any atom is 0.372 e. The van der Waals surface area contributed by atoms with Gasteiger partial charge in [-0.2, -0.15) is 0 Å². The van der Waals surface area contributed by atoms with Crippen molar-refractivity contribution in [3.05, 3.63) is 58.1 Å². The summed E-state index contributed by atoms with van der Waals surface area (Å²) in [7, 11) is 0. The van der Waals surface area contributed by atoms with Crippen LogP contribution in [0.5, 0.6) is 0 Å². The lowest BCUT2D eigenvalue weighted by molar-refractivity contribution is 0.0677. The van der Waals surface area contributed by atoms with Crippen LogP contribution < -0.4 is 5.32 Å². The van der Waals surface area contributed by atoms with Crippen molar-refractivity contribution in [1.29, 1.82) is 0 Å². The molecule has 0 aromatic carbocycles. The minimum Gasteiger partial charge on any atom is -0.475 e. The summed E-state index contributed by atoms with van der Waals surface area (Å²) in [5, 5.41) is 12.7. The summed E-state index contributed by atoms with van der Waals surface area (Å²) in [6.07, 6.45) is 0.157. The third-order valence-corrected chi connectivity index (χ3v) is 4.54. The Labute approximate surface area is 179 Å². The van der Waals surface area contributed by atoms with Crippen LogP contribution in [0, 0.1) is 0 Å². The van der Waals surface area contributed by atoms with Gasteiger partial charge in [0, 0.05) is 25.3 Å². The second kappa shape index (κ2) is 9.41. The predicted octanol–water partition coefficient (Wildman–Crippen LogP) is 3.86. The lowest BCUT2D eigenvalue weighted by Gasteiger charge is -2.15. The highest BCUT2D eigenvalue weighted by molar-refractivity contribution is 6.33. The molecule has 3 aromatic heterocycles. The van der Waals surface area contributed by atoms with E-state index < -0.39 is 12.4 Å². The highest BCUT2D eigenvalue weighted by Crippen LogP contribution is 2.26. The van der Waals surface area contributed by atoms with Crippen LogP contribution in [0.2, 0.25) is 10.3 Å². The number of hydrogen-bond acceptors (Lipinski definition) is 6. The summed E-state index contributed by atoms with van der Waals surface area (Å²) >= 11 is 11.9. The van der Waals surface area contributed by atoms with E-state index in [4.69, 9.17) is 23.2 Å². The first-order valence-electron chi connectivity index (χ1n) is 8.71.